The van der Waals surface area contributed by atoms with Gasteiger partial charge in [0.05, 0.1) is 57.6 Å². The highest BCUT2D eigenvalue weighted by Crippen LogP contribution is 2.29. The molecule has 4 bridgehead atoms. The number of aliphatic hydroxyl groups is 1. The monoisotopic (exact) mass is 1960 g/mol. The predicted molar refractivity (Wildman–Crippen MR) is 487 cm³/mol. The number of aliphatic carboxylic acids is 2. The van der Waals surface area contributed by atoms with Crippen molar-refractivity contribution < 1.29 is 122 Å². The summed E-state index contributed by atoms with van der Waals surface area (Å²) in [5.41, 5.74) is 12.7. The number of H-pyrrole nitrogens is 2. The molecule has 13 atom stereocenters. The van der Waals surface area contributed by atoms with E-state index in [1.807, 2.05) is 0 Å². The number of nitrogens with zero attached hydrogens (tertiary/aromatic N) is 1. The Morgan fingerprint density at radius 1 is 0.568 bits per heavy atom. The lowest BCUT2D eigenvalue weighted by molar-refractivity contribution is -0.143. The number of aromatic nitrogens is 2. The number of nitrogens with two attached hydrogens (primary N) is 2. The third-order valence-corrected chi connectivity index (χ3v) is 30.2. The van der Waals surface area contributed by atoms with Crippen molar-refractivity contribution in [3.8, 4) is 0 Å². The van der Waals surface area contributed by atoms with Crippen LogP contribution in [-0.2, 0) is 124 Å². The third kappa shape index (κ3) is 31.7. The second-order valence-corrected chi connectivity index (χ2v) is 41.8. The first-order chi connectivity index (χ1) is 62.3. The van der Waals surface area contributed by atoms with Crippen LogP contribution in [0.15, 0.2) is 93.8 Å². The van der Waals surface area contributed by atoms with E-state index in [9.17, 15) is 112 Å². The van der Waals surface area contributed by atoms with Gasteiger partial charge in [0, 0.05) is 101 Å². The number of likely N-dealkylation sites (N-methyl/N-ethyl adjacent to an activating group) is 1. The normalized spacial score (nSPS) is 24.2. The number of carboxylic acids is 2. The van der Waals surface area contributed by atoms with Gasteiger partial charge in [0.1, 0.15) is 78.8 Å². The zero-order chi connectivity index (χ0) is 97.6. The molecular weight excluding hydrogens is 1850 g/mol. The van der Waals surface area contributed by atoms with Crippen molar-refractivity contribution in [1.29, 1.82) is 0 Å². The number of nitrogens with one attached hydrogen (secondary N) is 15. The average Bonchev–Trinajstić information content (AvgIpc) is 0.969. The quantitative estimate of drug-likeness (QED) is 0.0326. The fourth-order valence-corrected chi connectivity index (χ4v) is 22.7. The molecule has 0 spiro atoms. The van der Waals surface area contributed by atoms with Crippen LogP contribution in [0.4, 0.5) is 0 Å². The highest BCUT2D eigenvalue weighted by molar-refractivity contribution is 8.01. The number of fused-ring (bicyclic) bond motifs is 10. The molecule has 2 aromatic heterocycles. The first-order valence-electron chi connectivity index (χ1n) is 42.1. The number of carboxylic acid groups (broad SMARTS) is 2. The van der Waals surface area contributed by atoms with Crippen molar-refractivity contribution in [2.24, 2.45) is 23.3 Å². The van der Waals surface area contributed by atoms with Crippen LogP contribution in [0.5, 0.6) is 0 Å². The van der Waals surface area contributed by atoms with E-state index in [0.717, 1.165) is 25.0 Å². The fraction of sp³-hybridized carbons (Fsp3) is 0.524. The van der Waals surface area contributed by atoms with Crippen LogP contribution in [0, 0.1) is 11.8 Å². The Hall–Kier alpha value is -11.3. The summed E-state index contributed by atoms with van der Waals surface area (Å²) in [5, 5.41) is 64.4. The maximum atomic E-state index is 15.4. The Bertz CT molecular complexity index is 5410. The molecule has 3 aromatic carbocycles. The van der Waals surface area contributed by atoms with Gasteiger partial charge >= 0.3 is 11.9 Å². The molecule has 724 valence electrons. The molecule has 132 heavy (non-hydrogen) atoms. The Balaban J connectivity index is 0.00000463. The number of thioether (sulfide) groups is 3. The maximum Gasteiger partial charge on any atom is 0.305 e. The summed E-state index contributed by atoms with van der Waals surface area (Å²) in [5.74, 6) is -26.2. The lowest BCUT2D eigenvalue weighted by Crippen LogP contribution is -2.62. The number of hydrogen-bond acceptors (Lipinski definition) is 29. The number of aliphatic hydroxyl groups excluding tert-OH is 1. The standard InChI is InChI=1S/C79H107N17O25S6.C3H7NO/c1-40(2)65-77(113)89-56(32-64(102)103)70(106)84-36-62(99)86-54(27-44-33-82-51-15-10-8-13-49(44)51)72(108)94-66(41(3)4)79(115)96-20-12-17-60(96)76(112)90-57(68(80)104)37-122-21-24-125(116,117)46-29-47-31-48(30-46)127(120,121)26-23-124-39-59(91-69(105)42(5)85-61(98)35-81-7)75(111)95-67(43(6)97)78(114)87-53(18-19-63(100)101)71(107)92-58(38-123-22-25-126(47,118)119)74(110)88-55(73(109)93-65)28-45-34-83-52-16-11-9-14-50(45)52;4-2-1-3-5/h8-11,13-16,29-31,33-34,40-43,53-60,65-67,81-83,97H,12,17-28,32,35-39H2,1-7H3,(H2,80,104)(H,84,106)(H,85,98)(H,86,99)(H,87,114)(H,88,110)(H,89,113)(H,90,112)(H,91,105)(H,92,107)(H,93,109)(H,94,108)(H,95,111)(H,100,101)(H,102,103);3H,1-2,4H2/t42-,43+,53-,54-,55-,56-,57-,58-,59-,60-,65-,66-,67-;/m0./s1. The largest absolute Gasteiger partial charge is 0.481 e. The van der Waals surface area contributed by atoms with Crippen molar-refractivity contribution in [2.75, 3.05) is 85.0 Å². The number of benzene rings is 3. The molecule has 22 N–H and O–H groups in total. The predicted octanol–water partition coefficient (Wildman–Crippen LogP) is -4.59. The second-order valence-electron chi connectivity index (χ2n) is 32.0. The van der Waals surface area contributed by atoms with Crippen LogP contribution >= 0.6 is 35.3 Å². The van der Waals surface area contributed by atoms with E-state index in [1.54, 1.807) is 68.6 Å². The van der Waals surface area contributed by atoms with Gasteiger partial charge in [0.15, 0.2) is 29.5 Å². The Labute approximate surface area is 773 Å². The number of sulfone groups is 3. The number of primary amides is 1. The number of amides is 14. The number of aldehydes is 1. The summed E-state index contributed by atoms with van der Waals surface area (Å²) < 4.78 is 88.3. The molecule has 3 aliphatic heterocycles. The molecule has 8 rings (SSSR count). The van der Waals surface area contributed by atoms with Gasteiger partial charge in [-0.05, 0) is 100.0 Å². The van der Waals surface area contributed by atoms with E-state index in [-0.39, 0.29) is 32.4 Å². The summed E-state index contributed by atoms with van der Waals surface area (Å²) in [6.45, 7) is 7.52. The van der Waals surface area contributed by atoms with Gasteiger partial charge in [0.2, 0.25) is 82.7 Å². The molecular formula is C82H114N18O26S6. The van der Waals surface area contributed by atoms with E-state index < -0.39 is 313 Å². The topological polar surface area (TPSA) is 697 Å². The van der Waals surface area contributed by atoms with Crippen molar-refractivity contribution in [1.82, 2.24) is 84.0 Å². The molecule has 0 saturated carbocycles. The molecule has 1 saturated heterocycles. The average molecular weight is 1960 g/mol. The molecule has 0 radical (unpaired) electrons. The summed E-state index contributed by atoms with van der Waals surface area (Å²) in [6, 6.07) is -5.01. The van der Waals surface area contributed by atoms with Crippen LogP contribution in [0.2, 0.25) is 0 Å². The van der Waals surface area contributed by atoms with Crippen LogP contribution in [0.1, 0.15) is 91.2 Å². The first kappa shape index (κ1) is 108. The maximum absolute atomic E-state index is 15.4. The summed E-state index contributed by atoms with van der Waals surface area (Å²) in [4.78, 5) is 240. The molecule has 44 nitrogen and oxygen atoms in total. The number of hydrogen-bond donors (Lipinski definition) is 20. The molecule has 5 aromatic rings. The van der Waals surface area contributed by atoms with Gasteiger partial charge < -0.3 is 116 Å². The molecule has 50 heteroatoms. The van der Waals surface area contributed by atoms with Crippen molar-refractivity contribution in [2.45, 2.75) is 186 Å². The summed E-state index contributed by atoms with van der Waals surface area (Å²) in [7, 11) is -13.1. The minimum absolute atomic E-state index is 0.0345. The van der Waals surface area contributed by atoms with Crippen molar-refractivity contribution >= 4 is 188 Å². The number of aromatic amines is 2. The van der Waals surface area contributed by atoms with E-state index in [1.165, 1.54) is 38.9 Å². The van der Waals surface area contributed by atoms with Gasteiger partial charge in [-0.15, -0.1) is 0 Å². The zero-order valence-corrected chi connectivity index (χ0v) is 78.3. The van der Waals surface area contributed by atoms with E-state index >= 15 is 9.59 Å². The van der Waals surface area contributed by atoms with E-state index in [4.69, 9.17) is 11.5 Å². The molecule has 14 amide bonds. The first-order valence-corrected chi connectivity index (χ1v) is 50.5. The zero-order valence-electron chi connectivity index (χ0n) is 73.4. The van der Waals surface area contributed by atoms with Crippen LogP contribution in [0.3, 0.4) is 0 Å². The van der Waals surface area contributed by atoms with Gasteiger partial charge in [-0.1, -0.05) is 64.1 Å². The lowest BCUT2D eigenvalue weighted by Gasteiger charge is -2.32. The van der Waals surface area contributed by atoms with E-state index in [0.29, 0.717) is 87.6 Å². The number of rotatable bonds is 20. The molecule has 0 unspecified atom stereocenters. The SMILES string of the molecule is CNCC(=O)N[C@@H](C)C(=O)N[C@H]1CSCCS(=O)(=O)c2cc3cc(c2)S(=O)(=O)CCSC[C@H](NC(=O)[C@H](CCC(=O)O)NC(=O)[C@H]([C@@H](C)O)NC1=O)C(=O)N[C@@H](Cc1c[nH]c2ccccc12)C(=O)N[C@@H](C(C)C)C(=O)N[C@@H](CC(=O)O)C(=O)NCC(=O)N[C@@H](Cc1c[nH]c2ccccc12)C(=O)N[C@@H](C(C)C)C(=O)N1CCC[C@H]1C(=O)N[C@H](C(N)=O)CSCCS3(=O)=O.NCCC=O. The molecule has 5 heterocycles. The van der Waals surface area contributed by atoms with Gasteiger partial charge in [0.25, 0.3) is 0 Å². The molecule has 1 fully saturated rings. The molecule has 3 aliphatic rings. The number of carbonyl (C=O) groups excluding carboxylic acids is 15. The van der Waals surface area contributed by atoms with Crippen LogP contribution in [-0.4, -0.2) is 320 Å². The minimum Gasteiger partial charge on any atom is -0.481 e. The minimum atomic E-state index is -4.90. The van der Waals surface area contributed by atoms with Crippen molar-refractivity contribution in [3.63, 3.8) is 0 Å². The van der Waals surface area contributed by atoms with Gasteiger partial charge in [-0.2, -0.15) is 35.3 Å². The van der Waals surface area contributed by atoms with Gasteiger partial charge in [-0.3, -0.25) is 76.7 Å². The van der Waals surface area contributed by atoms with Gasteiger partial charge in [-0.25, -0.2) is 25.3 Å². The lowest BCUT2D eigenvalue weighted by atomic mass is 9.99. The number of para-hydroxylation sites is 2. The Morgan fingerprint density at radius 2 is 1.06 bits per heavy atom. The smallest absolute Gasteiger partial charge is 0.305 e. The second kappa shape index (κ2) is 50.5. The number of carbonyl (C=O) groups is 17. The third-order valence-electron chi connectivity index (χ3n) is 21.2. The van der Waals surface area contributed by atoms with Crippen LogP contribution < -0.4 is 80.6 Å². The molecule has 0 aliphatic carbocycles. The van der Waals surface area contributed by atoms with Crippen LogP contribution in [0.25, 0.3) is 21.8 Å². The highest BCUT2D eigenvalue weighted by Gasteiger charge is 2.43. The highest BCUT2D eigenvalue weighted by atomic mass is 32.2. The van der Waals surface area contributed by atoms with Crippen molar-refractivity contribution in [3.05, 3.63) is 90.3 Å². The Kier molecular flexibility index (Phi) is 41.2. The Morgan fingerprint density at radius 3 is 1.56 bits per heavy atom. The fourth-order valence-electron chi connectivity index (χ4n) is 13.9. The summed E-state index contributed by atoms with van der Waals surface area (Å²) >= 11 is 2.06. The van der Waals surface area contributed by atoms with E-state index in [2.05, 4.69) is 79.1 Å². The summed E-state index contributed by atoms with van der Waals surface area (Å²) in [6.07, 6.45) is -0.817.